The lowest BCUT2D eigenvalue weighted by Gasteiger charge is -2.28. The molecule has 1 atom stereocenters. The summed E-state index contributed by atoms with van der Waals surface area (Å²) < 4.78 is 5.70. The van der Waals surface area contributed by atoms with E-state index in [9.17, 15) is 14.7 Å². The van der Waals surface area contributed by atoms with Crippen LogP contribution in [0.25, 0.3) is 5.76 Å². The molecule has 1 saturated heterocycles. The van der Waals surface area contributed by atoms with Gasteiger partial charge in [0.25, 0.3) is 11.7 Å². The Hall–Kier alpha value is -3.12. The molecule has 36 heavy (non-hydrogen) atoms. The maximum absolute atomic E-state index is 13.3. The number of benzene rings is 2. The molecule has 1 fully saturated rings. The van der Waals surface area contributed by atoms with Crippen LogP contribution in [-0.2, 0) is 15.0 Å². The molecule has 0 aliphatic carbocycles. The topological polar surface area (TPSA) is 70.1 Å². The second kappa shape index (κ2) is 11.3. The zero-order chi connectivity index (χ0) is 26.6. The number of Topliss-reactive ketones (excluding diaryl/α,β-unsaturated/α-hetero) is 1. The molecule has 6 heteroatoms. The number of ketones is 1. The van der Waals surface area contributed by atoms with Crippen LogP contribution in [0.15, 0.2) is 54.1 Å². The Balaban J connectivity index is 2.07. The van der Waals surface area contributed by atoms with Crippen LogP contribution in [0, 0.1) is 0 Å². The van der Waals surface area contributed by atoms with Crippen LogP contribution in [0.5, 0.6) is 5.75 Å². The normalized spacial score (nSPS) is 17.9. The third-order valence-corrected chi connectivity index (χ3v) is 6.68. The standard InChI is InChI=1S/C30H40N2O4/c1-8-31(9-2)18-19-32-26(21-10-14-23(15-11-21)30(5,6)7)25(28(34)29(32)35)27(33)22-12-16-24(17-13-22)36-20(3)4/h10-17,20,26,33H,8-9,18-19H2,1-7H3/b27-25-. The van der Waals surface area contributed by atoms with Gasteiger partial charge in [0.15, 0.2) is 0 Å². The number of aliphatic hydroxyl groups is 1. The molecule has 0 saturated carbocycles. The van der Waals surface area contributed by atoms with E-state index >= 15 is 0 Å². The minimum atomic E-state index is -0.653. The second-order valence-corrected chi connectivity index (χ2v) is 10.6. The Morgan fingerprint density at radius 3 is 2.08 bits per heavy atom. The fourth-order valence-corrected chi connectivity index (χ4v) is 4.53. The number of aliphatic hydroxyl groups excluding tert-OH is 1. The molecule has 2 aromatic rings. The van der Waals surface area contributed by atoms with Gasteiger partial charge in [-0.2, -0.15) is 0 Å². The molecule has 1 unspecified atom stereocenters. The molecule has 0 bridgehead atoms. The van der Waals surface area contributed by atoms with Gasteiger partial charge < -0.3 is 19.6 Å². The van der Waals surface area contributed by atoms with Gasteiger partial charge >= 0.3 is 0 Å². The molecule has 1 aliphatic heterocycles. The number of hydrogen-bond donors (Lipinski definition) is 1. The quantitative estimate of drug-likeness (QED) is 0.283. The summed E-state index contributed by atoms with van der Waals surface area (Å²) in [5.41, 5.74) is 2.54. The Morgan fingerprint density at radius 1 is 1.00 bits per heavy atom. The Morgan fingerprint density at radius 2 is 1.58 bits per heavy atom. The summed E-state index contributed by atoms with van der Waals surface area (Å²) in [5.74, 6) is -0.719. The highest BCUT2D eigenvalue weighted by molar-refractivity contribution is 6.46. The molecule has 1 aliphatic rings. The van der Waals surface area contributed by atoms with Gasteiger partial charge in [0.2, 0.25) is 0 Å². The fraction of sp³-hybridized carbons (Fsp3) is 0.467. The van der Waals surface area contributed by atoms with Crippen LogP contribution in [0.2, 0.25) is 0 Å². The molecule has 6 nitrogen and oxygen atoms in total. The smallest absolute Gasteiger partial charge is 0.295 e. The van der Waals surface area contributed by atoms with E-state index in [0.29, 0.717) is 24.4 Å². The predicted octanol–water partition coefficient (Wildman–Crippen LogP) is 5.53. The van der Waals surface area contributed by atoms with E-state index in [0.717, 1.165) is 24.2 Å². The maximum atomic E-state index is 13.3. The molecule has 3 rings (SSSR count). The largest absolute Gasteiger partial charge is 0.507 e. The van der Waals surface area contributed by atoms with E-state index in [1.165, 1.54) is 0 Å². The van der Waals surface area contributed by atoms with Gasteiger partial charge in [-0.05, 0) is 67.7 Å². The van der Waals surface area contributed by atoms with Gasteiger partial charge in [-0.1, -0.05) is 58.9 Å². The van der Waals surface area contributed by atoms with Gasteiger partial charge in [0, 0.05) is 18.7 Å². The van der Waals surface area contributed by atoms with E-state index in [1.54, 1.807) is 29.2 Å². The van der Waals surface area contributed by atoms with Crippen molar-refractivity contribution in [2.75, 3.05) is 26.2 Å². The van der Waals surface area contributed by atoms with Crippen LogP contribution in [0.1, 0.15) is 71.2 Å². The van der Waals surface area contributed by atoms with E-state index in [2.05, 4.69) is 39.5 Å². The molecule has 0 aromatic heterocycles. The summed E-state index contributed by atoms with van der Waals surface area (Å²) in [6, 6.07) is 14.3. The fourth-order valence-electron chi connectivity index (χ4n) is 4.53. The highest BCUT2D eigenvalue weighted by Gasteiger charge is 2.46. The number of hydrogen-bond acceptors (Lipinski definition) is 5. The second-order valence-electron chi connectivity index (χ2n) is 10.6. The molecule has 0 spiro atoms. The van der Waals surface area contributed by atoms with Crippen LogP contribution >= 0.6 is 0 Å². The predicted molar refractivity (Wildman–Crippen MR) is 144 cm³/mol. The molecule has 2 aromatic carbocycles. The number of carbonyl (C=O) groups is 2. The number of amides is 1. The first-order valence-electron chi connectivity index (χ1n) is 12.9. The summed E-state index contributed by atoms with van der Waals surface area (Å²) in [7, 11) is 0. The lowest BCUT2D eigenvalue weighted by atomic mass is 9.85. The zero-order valence-electron chi connectivity index (χ0n) is 22.7. The SMILES string of the molecule is CCN(CC)CCN1C(=O)C(=O)/C(=C(\O)c2ccc(OC(C)C)cc2)C1c1ccc(C(C)(C)C)cc1. The first-order chi connectivity index (χ1) is 17.0. The first kappa shape index (κ1) is 27.5. The average molecular weight is 493 g/mol. The Labute approximate surface area is 215 Å². The van der Waals surface area contributed by atoms with Gasteiger partial charge in [0.05, 0.1) is 17.7 Å². The van der Waals surface area contributed by atoms with Crippen molar-refractivity contribution in [1.29, 1.82) is 0 Å². The zero-order valence-corrected chi connectivity index (χ0v) is 22.7. The highest BCUT2D eigenvalue weighted by Crippen LogP contribution is 2.40. The number of rotatable bonds is 9. The minimum Gasteiger partial charge on any atom is -0.507 e. The van der Waals surface area contributed by atoms with Crippen LogP contribution in [0.3, 0.4) is 0 Å². The molecule has 1 N–H and O–H groups in total. The van der Waals surface area contributed by atoms with Crippen molar-refractivity contribution in [3.8, 4) is 5.75 Å². The number of carbonyl (C=O) groups excluding carboxylic acids is 2. The average Bonchev–Trinajstić information content (AvgIpc) is 3.09. The maximum Gasteiger partial charge on any atom is 0.295 e. The number of likely N-dealkylation sites (N-methyl/N-ethyl adjacent to an activating group) is 1. The molecule has 1 heterocycles. The minimum absolute atomic E-state index is 0.0247. The van der Waals surface area contributed by atoms with Gasteiger partial charge in [-0.25, -0.2) is 0 Å². The van der Waals surface area contributed by atoms with Crippen molar-refractivity contribution in [3.63, 3.8) is 0 Å². The number of ether oxygens (including phenoxy) is 1. The molecule has 0 radical (unpaired) electrons. The molecule has 194 valence electrons. The van der Waals surface area contributed by atoms with Gasteiger partial charge in [-0.3, -0.25) is 9.59 Å². The lowest BCUT2D eigenvalue weighted by molar-refractivity contribution is -0.140. The lowest BCUT2D eigenvalue weighted by Crippen LogP contribution is -2.38. The van der Waals surface area contributed by atoms with E-state index < -0.39 is 17.7 Å². The molecule has 1 amide bonds. The summed E-state index contributed by atoms with van der Waals surface area (Å²) in [6.07, 6.45) is 0.0247. The van der Waals surface area contributed by atoms with Crippen molar-refractivity contribution in [3.05, 3.63) is 70.8 Å². The molecular formula is C30H40N2O4. The van der Waals surface area contributed by atoms with Crippen LogP contribution in [-0.4, -0.2) is 58.9 Å². The van der Waals surface area contributed by atoms with E-state index in [4.69, 9.17) is 4.74 Å². The van der Waals surface area contributed by atoms with Gasteiger partial charge in [0.1, 0.15) is 11.5 Å². The van der Waals surface area contributed by atoms with Crippen molar-refractivity contribution >= 4 is 17.4 Å². The Bertz CT molecular complexity index is 1090. The number of likely N-dealkylation sites (tertiary alicyclic amines) is 1. The van der Waals surface area contributed by atoms with Crippen molar-refractivity contribution in [2.24, 2.45) is 0 Å². The highest BCUT2D eigenvalue weighted by atomic mass is 16.5. The number of nitrogens with zero attached hydrogens (tertiary/aromatic N) is 2. The van der Waals surface area contributed by atoms with Crippen molar-refractivity contribution in [2.45, 2.75) is 66.0 Å². The summed E-state index contributed by atoms with van der Waals surface area (Å²) >= 11 is 0. The van der Waals surface area contributed by atoms with Gasteiger partial charge in [-0.15, -0.1) is 0 Å². The third-order valence-electron chi connectivity index (χ3n) is 6.68. The monoisotopic (exact) mass is 492 g/mol. The summed E-state index contributed by atoms with van der Waals surface area (Å²) in [5, 5.41) is 11.3. The molecular weight excluding hydrogens is 452 g/mol. The Kier molecular flexibility index (Phi) is 8.62. The van der Waals surface area contributed by atoms with Crippen LogP contribution in [0.4, 0.5) is 0 Å². The first-order valence-corrected chi connectivity index (χ1v) is 12.9. The summed E-state index contributed by atoms with van der Waals surface area (Å²) in [6.45, 7) is 17.2. The summed E-state index contributed by atoms with van der Waals surface area (Å²) in [4.78, 5) is 30.3. The van der Waals surface area contributed by atoms with Crippen LogP contribution < -0.4 is 4.74 Å². The van der Waals surface area contributed by atoms with Crippen molar-refractivity contribution < 1.29 is 19.4 Å². The van der Waals surface area contributed by atoms with E-state index in [-0.39, 0.29) is 22.9 Å². The third kappa shape index (κ3) is 5.98. The van der Waals surface area contributed by atoms with E-state index in [1.807, 2.05) is 38.1 Å². The van der Waals surface area contributed by atoms with Crippen molar-refractivity contribution in [1.82, 2.24) is 9.80 Å².